The molecule has 5 nitrogen and oxygen atoms in total. The van der Waals surface area contributed by atoms with Gasteiger partial charge in [-0.3, -0.25) is 9.59 Å². The van der Waals surface area contributed by atoms with Crippen LogP contribution in [-0.4, -0.2) is 11.8 Å². The molecular weight excluding hydrogens is 313 g/mol. The fourth-order valence-electron chi connectivity index (χ4n) is 1.65. The van der Waals surface area contributed by atoms with Crippen molar-refractivity contribution < 1.29 is 9.59 Å². The van der Waals surface area contributed by atoms with E-state index in [1.807, 2.05) is 0 Å². The number of nitrogens with one attached hydrogen (secondary N) is 1. The maximum Gasteiger partial charge on any atom is 0.255 e. The molecular formula is C14H11Cl2N3O2. The third-order valence-electron chi connectivity index (χ3n) is 2.76. The van der Waals surface area contributed by atoms with Gasteiger partial charge in [-0.25, -0.2) is 0 Å². The Kier molecular flexibility index (Phi) is 4.35. The number of hydrogen-bond donors (Lipinski definition) is 3. The summed E-state index contributed by atoms with van der Waals surface area (Å²) >= 11 is 11.8. The van der Waals surface area contributed by atoms with Crippen molar-refractivity contribution in [3.8, 4) is 0 Å². The number of halogens is 2. The number of benzene rings is 2. The molecule has 0 aliphatic carbocycles. The number of primary amides is 1. The summed E-state index contributed by atoms with van der Waals surface area (Å²) in [5, 5.41) is 3.24. The van der Waals surface area contributed by atoms with E-state index in [9.17, 15) is 9.59 Å². The van der Waals surface area contributed by atoms with Gasteiger partial charge in [0.25, 0.3) is 5.91 Å². The van der Waals surface area contributed by atoms with Gasteiger partial charge in [-0.05, 0) is 36.4 Å². The molecule has 5 N–H and O–H groups in total. The van der Waals surface area contributed by atoms with E-state index in [1.54, 1.807) is 0 Å². The summed E-state index contributed by atoms with van der Waals surface area (Å²) in [6.45, 7) is 0. The predicted molar refractivity (Wildman–Crippen MR) is 83.8 cm³/mol. The Balaban J connectivity index is 2.28. The number of rotatable bonds is 3. The van der Waals surface area contributed by atoms with Gasteiger partial charge < -0.3 is 16.8 Å². The van der Waals surface area contributed by atoms with E-state index in [2.05, 4.69) is 5.32 Å². The smallest absolute Gasteiger partial charge is 0.255 e. The van der Waals surface area contributed by atoms with Crippen LogP contribution in [0.2, 0.25) is 10.0 Å². The first-order valence-electron chi connectivity index (χ1n) is 5.84. The standard InChI is InChI=1S/C14H11Cl2N3O2/c15-9-3-2-8(5-11(9)17)14(21)19-12-6-7(13(18)20)1-4-10(12)16/h1-6H,17H2,(H2,18,20)(H,19,21). The van der Waals surface area contributed by atoms with E-state index >= 15 is 0 Å². The van der Waals surface area contributed by atoms with Crippen molar-refractivity contribution in [2.45, 2.75) is 0 Å². The highest BCUT2D eigenvalue weighted by Gasteiger charge is 2.12. The molecule has 0 aromatic heterocycles. The molecule has 0 unspecified atom stereocenters. The van der Waals surface area contributed by atoms with Crippen LogP contribution in [0.25, 0.3) is 0 Å². The molecule has 0 saturated carbocycles. The summed E-state index contributed by atoms with van der Waals surface area (Å²) in [7, 11) is 0. The van der Waals surface area contributed by atoms with E-state index in [0.717, 1.165) is 0 Å². The van der Waals surface area contributed by atoms with E-state index in [0.29, 0.717) is 16.3 Å². The second-order valence-electron chi connectivity index (χ2n) is 4.25. The largest absolute Gasteiger partial charge is 0.398 e. The summed E-state index contributed by atoms with van der Waals surface area (Å²) in [5.41, 5.74) is 12.0. The molecule has 0 aliphatic heterocycles. The topological polar surface area (TPSA) is 98.2 Å². The van der Waals surface area contributed by atoms with Crippen LogP contribution in [0.15, 0.2) is 36.4 Å². The lowest BCUT2D eigenvalue weighted by Crippen LogP contribution is -2.15. The number of carbonyl (C=O) groups excluding carboxylic acids is 2. The molecule has 0 aliphatic rings. The molecule has 0 bridgehead atoms. The lowest BCUT2D eigenvalue weighted by atomic mass is 10.1. The fraction of sp³-hybridized carbons (Fsp3) is 0. The molecule has 0 atom stereocenters. The second kappa shape index (κ2) is 6.03. The normalized spacial score (nSPS) is 10.2. The second-order valence-corrected chi connectivity index (χ2v) is 5.06. The zero-order valence-electron chi connectivity index (χ0n) is 10.7. The van der Waals surface area contributed by atoms with Crippen molar-refractivity contribution in [1.29, 1.82) is 0 Å². The maximum atomic E-state index is 12.1. The Morgan fingerprint density at radius 1 is 0.952 bits per heavy atom. The average Bonchev–Trinajstić information content (AvgIpc) is 2.43. The van der Waals surface area contributed by atoms with E-state index in [1.165, 1.54) is 36.4 Å². The Morgan fingerprint density at radius 2 is 1.57 bits per heavy atom. The number of nitrogen functional groups attached to an aromatic ring is 1. The molecule has 2 rings (SSSR count). The highest BCUT2D eigenvalue weighted by atomic mass is 35.5. The average molecular weight is 324 g/mol. The van der Waals surface area contributed by atoms with Gasteiger partial charge in [0.05, 0.1) is 21.4 Å². The molecule has 7 heteroatoms. The van der Waals surface area contributed by atoms with Gasteiger partial charge in [0.1, 0.15) is 0 Å². The van der Waals surface area contributed by atoms with Crippen molar-refractivity contribution in [3.05, 3.63) is 57.6 Å². The van der Waals surface area contributed by atoms with Crippen LogP contribution in [0.1, 0.15) is 20.7 Å². The first-order chi connectivity index (χ1) is 9.88. The fourth-order valence-corrected chi connectivity index (χ4v) is 1.94. The van der Waals surface area contributed by atoms with E-state index in [-0.39, 0.29) is 16.3 Å². The SMILES string of the molecule is NC(=O)c1ccc(Cl)c(NC(=O)c2ccc(Cl)c(N)c2)c1. The van der Waals surface area contributed by atoms with Crippen molar-refractivity contribution in [3.63, 3.8) is 0 Å². The van der Waals surface area contributed by atoms with Crippen LogP contribution in [0.5, 0.6) is 0 Å². The summed E-state index contributed by atoms with van der Waals surface area (Å²) < 4.78 is 0. The molecule has 0 saturated heterocycles. The Hall–Kier alpha value is -2.24. The van der Waals surface area contributed by atoms with Crippen LogP contribution in [0, 0.1) is 0 Å². The van der Waals surface area contributed by atoms with Gasteiger partial charge in [-0.1, -0.05) is 23.2 Å². The van der Waals surface area contributed by atoms with Crippen molar-refractivity contribution in [2.75, 3.05) is 11.1 Å². The van der Waals surface area contributed by atoms with Crippen LogP contribution in [0.4, 0.5) is 11.4 Å². The van der Waals surface area contributed by atoms with Crippen molar-refractivity contribution >= 4 is 46.4 Å². The van der Waals surface area contributed by atoms with E-state index in [4.69, 9.17) is 34.7 Å². The van der Waals surface area contributed by atoms with Crippen LogP contribution >= 0.6 is 23.2 Å². The van der Waals surface area contributed by atoms with Gasteiger partial charge in [0, 0.05) is 11.1 Å². The van der Waals surface area contributed by atoms with Crippen molar-refractivity contribution in [2.24, 2.45) is 5.73 Å². The van der Waals surface area contributed by atoms with Crippen molar-refractivity contribution in [1.82, 2.24) is 0 Å². The number of carbonyl (C=O) groups is 2. The van der Waals surface area contributed by atoms with Gasteiger partial charge in [-0.2, -0.15) is 0 Å². The van der Waals surface area contributed by atoms with Gasteiger partial charge in [0.15, 0.2) is 0 Å². The number of nitrogens with two attached hydrogens (primary N) is 2. The quantitative estimate of drug-likeness (QED) is 0.757. The lowest BCUT2D eigenvalue weighted by Gasteiger charge is -2.09. The Bertz CT molecular complexity index is 732. The minimum absolute atomic E-state index is 0.241. The summed E-state index contributed by atoms with van der Waals surface area (Å²) in [6, 6.07) is 8.85. The Labute approximate surface area is 130 Å². The van der Waals surface area contributed by atoms with Gasteiger partial charge in [0.2, 0.25) is 5.91 Å². The molecule has 0 radical (unpaired) electrons. The summed E-state index contributed by atoms with van der Waals surface area (Å²) in [4.78, 5) is 23.3. The van der Waals surface area contributed by atoms with Gasteiger partial charge in [-0.15, -0.1) is 0 Å². The molecule has 2 aromatic carbocycles. The summed E-state index contributed by atoms with van der Waals surface area (Å²) in [5.74, 6) is -1.04. The zero-order chi connectivity index (χ0) is 15.6. The molecule has 21 heavy (non-hydrogen) atoms. The number of anilines is 2. The van der Waals surface area contributed by atoms with E-state index < -0.39 is 11.8 Å². The third kappa shape index (κ3) is 3.45. The molecule has 0 fully saturated rings. The molecule has 0 heterocycles. The first kappa shape index (κ1) is 15.2. The summed E-state index contributed by atoms with van der Waals surface area (Å²) in [6.07, 6.45) is 0. The maximum absolute atomic E-state index is 12.1. The molecule has 2 aromatic rings. The predicted octanol–water partition coefficient (Wildman–Crippen LogP) is 2.93. The van der Waals surface area contributed by atoms with Crippen LogP contribution in [-0.2, 0) is 0 Å². The number of amides is 2. The van der Waals surface area contributed by atoms with Crippen LogP contribution in [0.3, 0.4) is 0 Å². The number of hydrogen-bond acceptors (Lipinski definition) is 3. The first-order valence-corrected chi connectivity index (χ1v) is 6.60. The molecule has 0 spiro atoms. The highest BCUT2D eigenvalue weighted by Crippen LogP contribution is 2.25. The molecule has 108 valence electrons. The minimum Gasteiger partial charge on any atom is -0.398 e. The lowest BCUT2D eigenvalue weighted by molar-refractivity contribution is 0.0996. The Morgan fingerprint density at radius 3 is 2.19 bits per heavy atom. The monoisotopic (exact) mass is 323 g/mol. The molecule has 2 amide bonds. The third-order valence-corrected chi connectivity index (χ3v) is 3.43. The van der Waals surface area contributed by atoms with Crippen LogP contribution < -0.4 is 16.8 Å². The highest BCUT2D eigenvalue weighted by molar-refractivity contribution is 6.34. The zero-order valence-corrected chi connectivity index (χ0v) is 12.2. The minimum atomic E-state index is -0.613. The van der Waals surface area contributed by atoms with Gasteiger partial charge >= 0.3 is 0 Å².